The summed E-state index contributed by atoms with van der Waals surface area (Å²) in [5.41, 5.74) is 6.12. The molecule has 2 aromatic carbocycles. The second-order valence-corrected chi connectivity index (χ2v) is 8.98. The minimum absolute atomic E-state index is 0.0378. The van der Waals surface area contributed by atoms with Crippen LogP contribution >= 0.6 is 0 Å². The Balaban J connectivity index is 1.53. The molecule has 8 heteroatoms. The number of carbonyl (C=O) groups excluding carboxylic acids is 1. The van der Waals surface area contributed by atoms with E-state index in [4.69, 9.17) is 0 Å². The first-order valence-electron chi connectivity index (χ1n) is 11.1. The van der Waals surface area contributed by atoms with E-state index in [9.17, 15) is 18.0 Å². The van der Waals surface area contributed by atoms with E-state index in [-0.39, 0.29) is 17.5 Å². The number of carbonyl (C=O) groups is 1. The molecule has 1 N–H and O–H groups in total. The van der Waals surface area contributed by atoms with Crippen molar-refractivity contribution in [1.29, 1.82) is 0 Å². The van der Waals surface area contributed by atoms with Crippen molar-refractivity contribution in [1.82, 2.24) is 15.1 Å². The Morgan fingerprint density at radius 2 is 1.82 bits per heavy atom. The van der Waals surface area contributed by atoms with Gasteiger partial charge in [-0.3, -0.25) is 14.9 Å². The number of aryl methyl sites for hydroxylation is 2. The topological polar surface area (TPSA) is 61.4 Å². The Bertz CT molecular complexity index is 1220. The molecule has 3 aromatic rings. The van der Waals surface area contributed by atoms with Gasteiger partial charge in [0, 0.05) is 35.8 Å². The van der Waals surface area contributed by atoms with Crippen LogP contribution in [-0.4, -0.2) is 47.0 Å². The third kappa shape index (κ3) is 4.76. The van der Waals surface area contributed by atoms with Crippen molar-refractivity contribution in [3.8, 4) is 11.3 Å². The number of nitrogens with zero attached hydrogens (tertiary/aromatic N) is 3. The van der Waals surface area contributed by atoms with E-state index in [1.165, 1.54) is 5.56 Å². The van der Waals surface area contributed by atoms with Crippen molar-refractivity contribution in [3.63, 3.8) is 0 Å². The first-order chi connectivity index (χ1) is 16.1. The summed E-state index contributed by atoms with van der Waals surface area (Å²) in [5, 5.41) is 6.68. The van der Waals surface area contributed by atoms with Crippen LogP contribution in [-0.2, 0) is 13.0 Å². The summed E-state index contributed by atoms with van der Waals surface area (Å²) in [5.74, 6) is 0.199. The van der Waals surface area contributed by atoms with E-state index >= 15 is 0 Å². The van der Waals surface area contributed by atoms with Gasteiger partial charge in [-0.15, -0.1) is 0 Å². The minimum Gasteiger partial charge on any atom is -0.337 e. The molecule has 1 amide bonds. The lowest BCUT2D eigenvalue weighted by Crippen LogP contribution is -2.48. The van der Waals surface area contributed by atoms with Gasteiger partial charge < -0.3 is 4.90 Å². The van der Waals surface area contributed by atoms with Crippen LogP contribution in [0.4, 0.5) is 13.2 Å². The number of aromatic amines is 1. The average molecular weight is 469 g/mol. The molecular weight excluding hydrogens is 441 g/mol. The van der Waals surface area contributed by atoms with Gasteiger partial charge >= 0.3 is 6.18 Å². The number of halogens is 3. The van der Waals surface area contributed by atoms with Gasteiger partial charge in [0.25, 0.3) is 5.91 Å². The van der Waals surface area contributed by atoms with E-state index in [1.807, 2.05) is 32.0 Å². The predicted octanol–water partition coefficient (Wildman–Crippen LogP) is 5.55. The fraction of sp³-hybridized carbons (Fsp3) is 0.346. The Morgan fingerprint density at radius 1 is 1.15 bits per heavy atom. The van der Waals surface area contributed by atoms with Crippen LogP contribution in [0.3, 0.4) is 0 Å². The minimum atomic E-state index is -4.32. The summed E-state index contributed by atoms with van der Waals surface area (Å²) in [7, 11) is 0. The maximum Gasteiger partial charge on any atom is 0.394 e. The molecule has 0 aliphatic carbocycles. The van der Waals surface area contributed by atoms with Crippen molar-refractivity contribution in [2.24, 2.45) is 4.99 Å². The molecule has 0 saturated carbocycles. The molecule has 0 atom stereocenters. The molecule has 5 nitrogen and oxygen atoms in total. The molecule has 0 radical (unpaired) electrons. The number of benzene rings is 2. The Hall–Kier alpha value is -3.42. The second-order valence-electron chi connectivity index (χ2n) is 8.98. The molecule has 1 saturated heterocycles. The van der Waals surface area contributed by atoms with Gasteiger partial charge in [0.2, 0.25) is 0 Å². The van der Waals surface area contributed by atoms with Gasteiger partial charge in [-0.1, -0.05) is 30.3 Å². The van der Waals surface area contributed by atoms with Gasteiger partial charge in [-0.25, -0.2) is 0 Å². The van der Waals surface area contributed by atoms with Gasteiger partial charge in [-0.05, 0) is 61.4 Å². The van der Waals surface area contributed by atoms with Gasteiger partial charge in [0.15, 0.2) is 0 Å². The fourth-order valence-corrected chi connectivity index (χ4v) is 4.46. The van der Waals surface area contributed by atoms with Crippen molar-refractivity contribution in [2.45, 2.75) is 45.8 Å². The number of nitrogens with one attached hydrogen (secondary N) is 1. The molecule has 178 valence electrons. The van der Waals surface area contributed by atoms with Crippen LogP contribution in [0, 0.1) is 20.8 Å². The van der Waals surface area contributed by atoms with Gasteiger partial charge in [-0.2, -0.15) is 18.3 Å². The quantitative estimate of drug-likeness (QED) is 0.483. The molecule has 4 rings (SSSR count). The monoisotopic (exact) mass is 468 g/mol. The fourth-order valence-electron chi connectivity index (χ4n) is 4.46. The number of amides is 1. The molecule has 0 spiro atoms. The standard InChI is InChI=1S/C26H27F3N4O/c1-15-9-16(2)22(10-21(15)24-17(3)23(31-32-24)11-26(27,28)29)25(34)33-13-20(14-33)19-7-5-18(6-8-19)12-30-4/h5-10,20H,4,11-14H2,1-3H3,(H,31,32). The third-order valence-corrected chi connectivity index (χ3v) is 6.46. The lowest BCUT2D eigenvalue weighted by atomic mass is 9.89. The summed E-state index contributed by atoms with van der Waals surface area (Å²) in [6.45, 7) is 10.7. The van der Waals surface area contributed by atoms with E-state index in [0.29, 0.717) is 42.0 Å². The highest BCUT2D eigenvalue weighted by Crippen LogP contribution is 2.34. The highest BCUT2D eigenvalue weighted by atomic mass is 19.4. The number of likely N-dealkylation sites (tertiary alicyclic amines) is 1. The molecule has 1 aliphatic rings. The first kappa shape index (κ1) is 23.7. The molecular formula is C26H27F3N4O. The lowest BCUT2D eigenvalue weighted by molar-refractivity contribution is -0.127. The lowest BCUT2D eigenvalue weighted by Gasteiger charge is -2.40. The number of H-pyrrole nitrogens is 1. The molecule has 1 aromatic heterocycles. The highest BCUT2D eigenvalue weighted by Gasteiger charge is 2.34. The van der Waals surface area contributed by atoms with Crippen molar-refractivity contribution >= 4 is 12.6 Å². The largest absolute Gasteiger partial charge is 0.394 e. The van der Waals surface area contributed by atoms with Crippen molar-refractivity contribution in [2.75, 3.05) is 13.1 Å². The number of alkyl halides is 3. The summed E-state index contributed by atoms with van der Waals surface area (Å²) in [6.07, 6.45) is -5.39. The van der Waals surface area contributed by atoms with Crippen LogP contribution in [0.25, 0.3) is 11.3 Å². The maximum absolute atomic E-state index is 13.3. The molecule has 1 fully saturated rings. The highest BCUT2D eigenvalue weighted by molar-refractivity contribution is 5.98. The molecule has 0 unspecified atom stereocenters. The Kier molecular flexibility index (Phi) is 6.34. The zero-order chi connectivity index (χ0) is 24.6. The van der Waals surface area contributed by atoms with Crippen molar-refractivity contribution < 1.29 is 18.0 Å². The Labute approximate surface area is 196 Å². The van der Waals surface area contributed by atoms with E-state index in [0.717, 1.165) is 16.7 Å². The normalized spacial score (nSPS) is 14.2. The number of hydrogen-bond acceptors (Lipinski definition) is 3. The summed E-state index contributed by atoms with van der Waals surface area (Å²) in [4.78, 5) is 19.0. The van der Waals surface area contributed by atoms with Crippen LogP contribution in [0.1, 0.15) is 49.8 Å². The van der Waals surface area contributed by atoms with Gasteiger partial charge in [0.1, 0.15) is 0 Å². The van der Waals surface area contributed by atoms with E-state index in [2.05, 4.69) is 34.0 Å². The second kappa shape index (κ2) is 9.08. The molecule has 2 heterocycles. The summed E-state index contributed by atoms with van der Waals surface area (Å²) < 4.78 is 38.6. The SMILES string of the molecule is C=NCc1ccc(C2CN(C(=O)c3cc(-c4n[nH]c(CC(F)(F)F)c4C)c(C)cc3C)C2)cc1. The molecule has 1 aliphatic heterocycles. The molecule has 34 heavy (non-hydrogen) atoms. The third-order valence-electron chi connectivity index (χ3n) is 6.46. The van der Waals surface area contributed by atoms with Gasteiger partial charge in [0.05, 0.1) is 18.7 Å². The Morgan fingerprint density at radius 3 is 2.44 bits per heavy atom. The van der Waals surface area contributed by atoms with Crippen LogP contribution in [0.15, 0.2) is 41.4 Å². The maximum atomic E-state index is 13.3. The van der Waals surface area contributed by atoms with Crippen LogP contribution in [0.5, 0.6) is 0 Å². The van der Waals surface area contributed by atoms with Crippen LogP contribution in [0.2, 0.25) is 0 Å². The zero-order valence-corrected chi connectivity index (χ0v) is 19.5. The summed E-state index contributed by atoms with van der Waals surface area (Å²) >= 11 is 0. The van der Waals surface area contributed by atoms with Crippen LogP contribution < -0.4 is 0 Å². The smallest absolute Gasteiger partial charge is 0.337 e. The summed E-state index contributed by atoms with van der Waals surface area (Å²) in [6, 6.07) is 11.9. The number of rotatable bonds is 6. The van der Waals surface area contributed by atoms with Crippen molar-refractivity contribution in [3.05, 3.63) is 75.5 Å². The predicted molar refractivity (Wildman–Crippen MR) is 126 cm³/mol. The molecule has 0 bridgehead atoms. The average Bonchev–Trinajstić information content (AvgIpc) is 3.07. The first-order valence-corrected chi connectivity index (χ1v) is 11.1. The van der Waals surface area contributed by atoms with E-state index in [1.54, 1.807) is 17.9 Å². The zero-order valence-electron chi connectivity index (χ0n) is 19.5. The number of aliphatic imine (C=N–C) groups is 1. The number of aromatic nitrogens is 2. The van der Waals surface area contributed by atoms with E-state index < -0.39 is 12.6 Å². The number of hydrogen-bond donors (Lipinski definition) is 1.